The second-order valence-electron chi connectivity index (χ2n) is 2.17. The number of aromatic amines is 1. The summed E-state index contributed by atoms with van der Waals surface area (Å²) in [6.07, 6.45) is 0. The molecule has 6 heteroatoms. The Morgan fingerprint density at radius 2 is 2.50 bits per heavy atom. The third-order valence-corrected chi connectivity index (χ3v) is 2.84. The molecule has 0 saturated heterocycles. The summed E-state index contributed by atoms with van der Waals surface area (Å²) < 4.78 is 1.60. The first-order valence-electron chi connectivity index (χ1n) is 3.05. The molecule has 12 heavy (non-hydrogen) atoms. The van der Waals surface area contributed by atoms with Crippen LogP contribution in [-0.2, 0) is 0 Å². The summed E-state index contributed by atoms with van der Waals surface area (Å²) in [5.41, 5.74) is 0.792. The SMILES string of the molecule is O=C(O)c1cc2sc(Br)nc2[nH]1. The van der Waals surface area contributed by atoms with Crippen molar-refractivity contribution in [3.63, 3.8) is 0 Å². The highest BCUT2D eigenvalue weighted by atomic mass is 79.9. The highest BCUT2D eigenvalue weighted by Gasteiger charge is 2.10. The van der Waals surface area contributed by atoms with E-state index < -0.39 is 5.97 Å². The van der Waals surface area contributed by atoms with Gasteiger partial charge in [-0.05, 0) is 22.0 Å². The van der Waals surface area contributed by atoms with Crippen LogP contribution in [0.2, 0.25) is 0 Å². The Balaban J connectivity index is 2.64. The van der Waals surface area contributed by atoms with Crippen LogP contribution in [0.5, 0.6) is 0 Å². The lowest BCUT2D eigenvalue weighted by molar-refractivity contribution is 0.0691. The summed E-state index contributed by atoms with van der Waals surface area (Å²) in [5, 5.41) is 8.61. The number of hydrogen-bond donors (Lipinski definition) is 2. The first kappa shape index (κ1) is 7.75. The van der Waals surface area contributed by atoms with Crippen LogP contribution in [0.25, 0.3) is 10.3 Å². The van der Waals surface area contributed by atoms with Crippen molar-refractivity contribution >= 4 is 43.6 Å². The van der Waals surface area contributed by atoms with Crippen molar-refractivity contribution < 1.29 is 9.90 Å². The molecule has 2 aromatic heterocycles. The minimum absolute atomic E-state index is 0.177. The highest BCUT2D eigenvalue weighted by molar-refractivity contribution is 9.11. The van der Waals surface area contributed by atoms with E-state index in [4.69, 9.17) is 5.11 Å². The van der Waals surface area contributed by atoms with Gasteiger partial charge in [0.25, 0.3) is 0 Å². The third-order valence-electron chi connectivity index (χ3n) is 1.39. The Morgan fingerprint density at radius 3 is 3.08 bits per heavy atom. The van der Waals surface area contributed by atoms with Crippen LogP contribution in [0.15, 0.2) is 9.98 Å². The van der Waals surface area contributed by atoms with Gasteiger partial charge in [0.2, 0.25) is 0 Å². The van der Waals surface area contributed by atoms with Gasteiger partial charge in [-0.1, -0.05) is 0 Å². The van der Waals surface area contributed by atoms with Gasteiger partial charge in [0.15, 0.2) is 3.92 Å². The fraction of sp³-hybridized carbons (Fsp3) is 0. The van der Waals surface area contributed by atoms with Crippen molar-refractivity contribution in [3.05, 3.63) is 15.7 Å². The highest BCUT2D eigenvalue weighted by Crippen LogP contribution is 2.26. The van der Waals surface area contributed by atoms with E-state index >= 15 is 0 Å². The number of carboxylic acids is 1. The zero-order valence-corrected chi connectivity index (χ0v) is 8.07. The molecule has 0 amide bonds. The van der Waals surface area contributed by atoms with E-state index in [0.717, 1.165) is 8.62 Å². The Kier molecular flexibility index (Phi) is 1.66. The van der Waals surface area contributed by atoms with Crippen LogP contribution < -0.4 is 0 Å². The molecular weight excluding hydrogens is 244 g/mol. The molecule has 0 radical (unpaired) electrons. The van der Waals surface area contributed by atoms with Crippen molar-refractivity contribution in [3.8, 4) is 0 Å². The molecule has 0 aliphatic rings. The zero-order valence-electron chi connectivity index (χ0n) is 5.67. The van der Waals surface area contributed by atoms with Crippen molar-refractivity contribution in [2.24, 2.45) is 0 Å². The number of aromatic nitrogens is 2. The number of nitrogens with one attached hydrogen (secondary N) is 1. The fourth-order valence-corrected chi connectivity index (χ4v) is 2.29. The Hall–Kier alpha value is -0.880. The summed E-state index contributed by atoms with van der Waals surface area (Å²) in [7, 11) is 0. The molecule has 0 aliphatic heterocycles. The van der Waals surface area contributed by atoms with Crippen LogP contribution >= 0.6 is 27.3 Å². The van der Waals surface area contributed by atoms with Crippen LogP contribution in [-0.4, -0.2) is 21.0 Å². The van der Waals surface area contributed by atoms with Crippen molar-refractivity contribution in [1.29, 1.82) is 0 Å². The maximum atomic E-state index is 10.5. The topological polar surface area (TPSA) is 66.0 Å². The van der Waals surface area contributed by atoms with Crippen molar-refractivity contribution in [1.82, 2.24) is 9.97 Å². The van der Waals surface area contributed by atoms with E-state index in [9.17, 15) is 4.79 Å². The van der Waals surface area contributed by atoms with Crippen LogP contribution in [0, 0.1) is 0 Å². The summed E-state index contributed by atoms with van der Waals surface area (Å²) in [6.45, 7) is 0. The second kappa shape index (κ2) is 2.56. The molecule has 0 aliphatic carbocycles. The van der Waals surface area contributed by atoms with Crippen molar-refractivity contribution in [2.75, 3.05) is 0 Å². The number of nitrogens with zero attached hydrogens (tertiary/aromatic N) is 1. The third kappa shape index (κ3) is 1.12. The van der Waals surface area contributed by atoms with Gasteiger partial charge in [0.1, 0.15) is 11.3 Å². The number of carboxylic acid groups (broad SMARTS) is 1. The summed E-state index contributed by atoms with van der Waals surface area (Å²) in [4.78, 5) is 17.2. The van der Waals surface area contributed by atoms with Gasteiger partial charge < -0.3 is 10.1 Å². The number of halogens is 1. The molecule has 4 nitrogen and oxygen atoms in total. The molecule has 2 heterocycles. The Labute approximate surface area is 79.4 Å². The number of rotatable bonds is 1. The number of H-pyrrole nitrogens is 1. The number of fused-ring (bicyclic) bond motifs is 1. The van der Waals surface area contributed by atoms with Gasteiger partial charge in [-0.3, -0.25) is 0 Å². The summed E-state index contributed by atoms with van der Waals surface area (Å²) in [5.74, 6) is -0.962. The molecule has 62 valence electrons. The lowest BCUT2D eigenvalue weighted by Crippen LogP contribution is -1.95. The van der Waals surface area contributed by atoms with Crippen LogP contribution in [0.1, 0.15) is 10.5 Å². The van der Waals surface area contributed by atoms with Gasteiger partial charge in [-0.15, -0.1) is 11.3 Å². The molecule has 0 unspecified atom stereocenters. The standard InChI is InChI=1S/C6H3BrN2O2S/c7-6-9-4-3(12-6)1-2(8-4)5(10)11/h1,8H,(H,10,11). The Bertz CT molecular complexity index is 416. The largest absolute Gasteiger partial charge is 0.477 e. The van der Waals surface area contributed by atoms with Gasteiger partial charge >= 0.3 is 5.97 Å². The predicted octanol–water partition coefficient (Wildman–Crippen LogP) is 2.09. The molecule has 0 spiro atoms. The minimum Gasteiger partial charge on any atom is -0.477 e. The van der Waals surface area contributed by atoms with E-state index in [2.05, 4.69) is 25.9 Å². The van der Waals surface area contributed by atoms with Gasteiger partial charge in [0.05, 0.1) is 4.70 Å². The molecule has 2 rings (SSSR count). The first-order valence-corrected chi connectivity index (χ1v) is 4.66. The molecule has 2 aromatic rings. The predicted molar refractivity (Wildman–Crippen MR) is 48.6 cm³/mol. The lowest BCUT2D eigenvalue weighted by Gasteiger charge is -1.82. The number of carbonyl (C=O) groups is 1. The van der Waals surface area contributed by atoms with E-state index in [-0.39, 0.29) is 5.69 Å². The normalized spacial score (nSPS) is 10.8. The maximum Gasteiger partial charge on any atom is 0.352 e. The zero-order chi connectivity index (χ0) is 8.72. The lowest BCUT2D eigenvalue weighted by atomic mass is 10.4. The number of aromatic carboxylic acids is 1. The van der Waals surface area contributed by atoms with E-state index in [1.807, 2.05) is 0 Å². The fourth-order valence-electron chi connectivity index (χ4n) is 0.902. The van der Waals surface area contributed by atoms with E-state index in [1.165, 1.54) is 11.3 Å². The molecule has 0 fully saturated rings. The van der Waals surface area contributed by atoms with Crippen LogP contribution in [0.4, 0.5) is 0 Å². The quantitative estimate of drug-likeness (QED) is 0.810. The average Bonchev–Trinajstić information content (AvgIpc) is 2.42. The summed E-state index contributed by atoms with van der Waals surface area (Å²) in [6, 6.07) is 1.57. The smallest absolute Gasteiger partial charge is 0.352 e. The van der Waals surface area contributed by atoms with Gasteiger partial charge in [-0.25, -0.2) is 9.78 Å². The van der Waals surface area contributed by atoms with E-state index in [0.29, 0.717) is 5.65 Å². The van der Waals surface area contributed by atoms with Crippen LogP contribution in [0.3, 0.4) is 0 Å². The minimum atomic E-state index is -0.962. The van der Waals surface area contributed by atoms with E-state index in [1.54, 1.807) is 6.07 Å². The molecule has 0 bridgehead atoms. The molecule has 0 aromatic carbocycles. The molecular formula is C6H3BrN2O2S. The number of hydrogen-bond acceptors (Lipinski definition) is 3. The summed E-state index contributed by atoms with van der Waals surface area (Å²) >= 11 is 4.61. The second-order valence-corrected chi connectivity index (χ2v) is 4.47. The molecule has 0 saturated carbocycles. The first-order chi connectivity index (χ1) is 5.66. The average molecular weight is 247 g/mol. The van der Waals surface area contributed by atoms with Gasteiger partial charge in [0, 0.05) is 0 Å². The van der Waals surface area contributed by atoms with Gasteiger partial charge in [-0.2, -0.15) is 0 Å². The van der Waals surface area contributed by atoms with Crippen molar-refractivity contribution in [2.45, 2.75) is 0 Å². The monoisotopic (exact) mass is 246 g/mol. The molecule has 2 N–H and O–H groups in total. The number of thiazole rings is 1. The Morgan fingerprint density at radius 1 is 1.75 bits per heavy atom. The maximum absolute atomic E-state index is 10.5. The molecule has 0 atom stereocenters.